The third kappa shape index (κ3) is 4.60. The number of hydrogen-bond donors (Lipinski definition) is 0. The molecule has 0 unspecified atom stereocenters. The second kappa shape index (κ2) is 8.00. The van der Waals surface area contributed by atoms with Gasteiger partial charge in [-0.2, -0.15) is 13.2 Å². The lowest BCUT2D eigenvalue weighted by molar-refractivity contribution is -0.137. The highest BCUT2D eigenvalue weighted by Crippen LogP contribution is 2.29. The van der Waals surface area contributed by atoms with E-state index in [1.165, 1.54) is 22.4 Å². The molecular weight excluding hydrogens is 335 g/mol. The summed E-state index contributed by atoms with van der Waals surface area (Å²) in [7, 11) is 0. The monoisotopic (exact) mass is 353 g/mol. The van der Waals surface area contributed by atoms with Crippen LogP contribution in [-0.2, 0) is 12.6 Å². The molecule has 3 aromatic carbocycles. The molecule has 0 aliphatic rings. The Balaban J connectivity index is 1.59. The van der Waals surface area contributed by atoms with Gasteiger partial charge in [-0.15, -0.1) is 0 Å². The molecular formula is C22H18F3N. The van der Waals surface area contributed by atoms with E-state index in [1.54, 1.807) is 18.2 Å². The van der Waals surface area contributed by atoms with Gasteiger partial charge in [0.25, 0.3) is 0 Å². The molecule has 0 aliphatic carbocycles. The molecule has 0 atom stereocenters. The number of alkyl halides is 3. The number of halogens is 3. The van der Waals surface area contributed by atoms with Gasteiger partial charge in [0.05, 0.1) is 12.1 Å². The van der Waals surface area contributed by atoms with Crippen molar-refractivity contribution >= 4 is 23.1 Å². The molecule has 0 heterocycles. The first-order valence-corrected chi connectivity index (χ1v) is 8.33. The molecule has 0 N–H and O–H groups in total. The van der Waals surface area contributed by atoms with Crippen LogP contribution in [0.1, 0.15) is 16.7 Å². The van der Waals surface area contributed by atoms with Crippen LogP contribution in [0.25, 0.3) is 16.8 Å². The number of hydrogen-bond acceptors (Lipinski definition) is 1. The minimum Gasteiger partial charge on any atom is -0.293 e. The maximum atomic E-state index is 12.7. The van der Waals surface area contributed by atoms with Gasteiger partial charge >= 0.3 is 6.18 Å². The van der Waals surface area contributed by atoms with Gasteiger partial charge in [-0.1, -0.05) is 66.7 Å². The Morgan fingerprint density at radius 2 is 1.65 bits per heavy atom. The first-order chi connectivity index (χ1) is 12.5. The molecule has 0 radical (unpaired) electrons. The summed E-state index contributed by atoms with van der Waals surface area (Å²) >= 11 is 0. The Morgan fingerprint density at radius 1 is 0.885 bits per heavy atom. The molecule has 0 fully saturated rings. The Bertz CT molecular complexity index is 934. The van der Waals surface area contributed by atoms with E-state index in [9.17, 15) is 13.2 Å². The van der Waals surface area contributed by atoms with Gasteiger partial charge in [0.15, 0.2) is 0 Å². The Labute approximate surface area is 150 Å². The van der Waals surface area contributed by atoms with Crippen LogP contribution in [0.2, 0.25) is 0 Å². The molecule has 4 heteroatoms. The molecule has 0 aliphatic heterocycles. The van der Waals surface area contributed by atoms with Crippen LogP contribution in [0, 0.1) is 0 Å². The molecule has 0 bridgehead atoms. The van der Waals surface area contributed by atoms with Crippen LogP contribution in [0.15, 0.2) is 77.8 Å². The molecule has 0 saturated carbocycles. The van der Waals surface area contributed by atoms with Crippen molar-refractivity contribution < 1.29 is 13.2 Å². The van der Waals surface area contributed by atoms with E-state index in [1.807, 2.05) is 24.4 Å². The predicted molar refractivity (Wildman–Crippen MR) is 101 cm³/mol. The molecule has 0 aromatic heterocycles. The van der Waals surface area contributed by atoms with Crippen molar-refractivity contribution in [3.8, 4) is 0 Å². The van der Waals surface area contributed by atoms with Gasteiger partial charge in [-0.25, -0.2) is 0 Å². The fourth-order valence-corrected chi connectivity index (χ4v) is 2.78. The van der Waals surface area contributed by atoms with Crippen molar-refractivity contribution in [2.75, 3.05) is 6.54 Å². The lowest BCUT2D eigenvalue weighted by atomic mass is 10.0. The third-order valence-electron chi connectivity index (χ3n) is 4.06. The van der Waals surface area contributed by atoms with Crippen molar-refractivity contribution in [1.29, 1.82) is 0 Å². The topological polar surface area (TPSA) is 12.4 Å². The first-order valence-electron chi connectivity index (χ1n) is 8.33. The van der Waals surface area contributed by atoms with Crippen LogP contribution in [0.4, 0.5) is 13.2 Å². The first kappa shape index (κ1) is 17.9. The summed E-state index contributed by atoms with van der Waals surface area (Å²) < 4.78 is 38.0. The summed E-state index contributed by atoms with van der Waals surface area (Å²) in [6.07, 6.45) is 1.66. The smallest absolute Gasteiger partial charge is 0.293 e. The summed E-state index contributed by atoms with van der Waals surface area (Å²) in [5.74, 6) is 0. The van der Waals surface area contributed by atoms with E-state index in [0.29, 0.717) is 12.1 Å². The molecule has 26 heavy (non-hydrogen) atoms. The van der Waals surface area contributed by atoms with E-state index in [2.05, 4.69) is 29.3 Å². The zero-order valence-corrected chi connectivity index (χ0v) is 14.1. The second-order valence-electron chi connectivity index (χ2n) is 5.92. The minimum atomic E-state index is -4.32. The number of aliphatic imine (C=N–C) groups is 1. The second-order valence-corrected chi connectivity index (χ2v) is 5.92. The lowest BCUT2D eigenvalue weighted by Crippen LogP contribution is -2.04. The van der Waals surface area contributed by atoms with Crippen LogP contribution < -0.4 is 0 Å². The Hall–Kier alpha value is -2.88. The van der Waals surface area contributed by atoms with Gasteiger partial charge in [-0.3, -0.25) is 4.99 Å². The van der Waals surface area contributed by atoms with E-state index in [0.717, 1.165) is 18.6 Å². The summed E-state index contributed by atoms with van der Waals surface area (Å²) in [5.41, 5.74) is 1.08. The zero-order valence-electron chi connectivity index (χ0n) is 14.1. The average Bonchev–Trinajstić information content (AvgIpc) is 2.64. The molecule has 0 saturated heterocycles. The number of nitrogens with zero attached hydrogens (tertiary/aromatic N) is 1. The van der Waals surface area contributed by atoms with Gasteiger partial charge in [-0.05, 0) is 34.0 Å². The largest absolute Gasteiger partial charge is 0.416 e. The molecule has 3 aromatic rings. The van der Waals surface area contributed by atoms with E-state index >= 15 is 0 Å². The van der Waals surface area contributed by atoms with Crippen LogP contribution in [0.3, 0.4) is 0 Å². The van der Waals surface area contributed by atoms with Crippen molar-refractivity contribution in [3.63, 3.8) is 0 Å². The molecule has 132 valence electrons. The Kier molecular flexibility index (Phi) is 5.52. The van der Waals surface area contributed by atoms with Gasteiger partial charge in [0, 0.05) is 12.6 Å². The molecule has 0 spiro atoms. The maximum Gasteiger partial charge on any atom is 0.416 e. The summed E-state index contributed by atoms with van der Waals surface area (Å²) in [6, 6.07) is 19.6. The highest BCUT2D eigenvalue weighted by atomic mass is 19.4. The van der Waals surface area contributed by atoms with E-state index in [-0.39, 0.29) is 0 Å². The summed E-state index contributed by atoms with van der Waals surface area (Å²) in [6.45, 7) is 0.432. The zero-order chi connectivity index (χ0) is 18.4. The highest BCUT2D eigenvalue weighted by Gasteiger charge is 2.30. The predicted octanol–water partition coefficient (Wildman–Crippen LogP) is 6.19. The lowest BCUT2D eigenvalue weighted by Gasteiger charge is -2.06. The maximum absolute atomic E-state index is 12.7. The fourth-order valence-electron chi connectivity index (χ4n) is 2.78. The van der Waals surface area contributed by atoms with E-state index < -0.39 is 11.7 Å². The van der Waals surface area contributed by atoms with Crippen LogP contribution in [-0.4, -0.2) is 12.8 Å². The molecule has 0 amide bonds. The quantitative estimate of drug-likeness (QED) is 0.485. The minimum absolute atomic E-state index is 0.432. The van der Waals surface area contributed by atoms with Crippen molar-refractivity contribution in [3.05, 3.63) is 89.5 Å². The fraction of sp³-hybridized carbons (Fsp3) is 0.136. The number of benzene rings is 3. The average molecular weight is 353 g/mol. The van der Waals surface area contributed by atoms with Gasteiger partial charge in [0.1, 0.15) is 0 Å². The van der Waals surface area contributed by atoms with Crippen molar-refractivity contribution in [2.24, 2.45) is 4.99 Å². The molecule has 1 nitrogen and oxygen atoms in total. The van der Waals surface area contributed by atoms with Crippen molar-refractivity contribution in [1.82, 2.24) is 0 Å². The van der Waals surface area contributed by atoms with Gasteiger partial charge in [0.2, 0.25) is 0 Å². The normalized spacial score (nSPS) is 12.4. The van der Waals surface area contributed by atoms with Crippen molar-refractivity contribution in [2.45, 2.75) is 12.6 Å². The van der Waals surface area contributed by atoms with Crippen LogP contribution >= 0.6 is 0 Å². The molecule has 3 rings (SSSR count). The standard InChI is InChI=1S/C22H18F3N/c23-22(24,25)20-11-3-6-17(16-20)7-5-14-26-15-13-19-10-4-9-18-8-1-2-12-21(18)19/h1-12,15-16H,13-14H2. The van der Waals surface area contributed by atoms with Crippen LogP contribution in [0.5, 0.6) is 0 Å². The third-order valence-corrected chi connectivity index (χ3v) is 4.06. The number of fused-ring (bicyclic) bond motifs is 1. The SMILES string of the molecule is FC(F)(F)c1cccc(C=CCN=CCc2cccc3ccccc23)c1. The highest BCUT2D eigenvalue weighted by molar-refractivity contribution is 5.87. The van der Waals surface area contributed by atoms with E-state index in [4.69, 9.17) is 0 Å². The Morgan fingerprint density at radius 3 is 2.50 bits per heavy atom. The summed E-state index contributed by atoms with van der Waals surface area (Å²) in [4.78, 5) is 4.33. The number of rotatable bonds is 5. The van der Waals surface area contributed by atoms with Gasteiger partial charge < -0.3 is 0 Å². The summed E-state index contributed by atoms with van der Waals surface area (Å²) in [5, 5.41) is 2.41.